The molecule has 8 nitrogen and oxygen atoms in total. The fraction of sp³-hybridized carbons (Fsp3) is 0.188. The first kappa shape index (κ1) is 25.3. The van der Waals surface area contributed by atoms with E-state index in [4.69, 9.17) is 0 Å². The van der Waals surface area contributed by atoms with Gasteiger partial charge in [-0.05, 0) is 59.5 Å². The molecule has 0 atom stereocenters. The van der Waals surface area contributed by atoms with Crippen LogP contribution in [0, 0.1) is 17.0 Å². The molecule has 200 valence electrons. The predicted octanol–water partition coefficient (Wildman–Crippen LogP) is 5.62. The maximum atomic E-state index is 13.7. The topological polar surface area (TPSA) is 95.8 Å². The van der Waals surface area contributed by atoms with Crippen LogP contribution < -0.4 is 10.2 Å². The van der Waals surface area contributed by atoms with E-state index in [1.54, 1.807) is 19.1 Å². The van der Waals surface area contributed by atoms with Crippen molar-refractivity contribution in [2.45, 2.75) is 12.8 Å². The smallest absolute Gasteiger partial charge is 0.273 e. The molecular weight excluding hydrogens is 504 g/mol. The quantitative estimate of drug-likeness (QED) is 0.266. The number of hydrogen-bond donors (Lipinski definition) is 1. The summed E-state index contributed by atoms with van der Waals surface area (Å²) in [5, 5.41) is 14.0. The number of carbonyl (C=O) groups excluding carboxylic acids is 2. The lowest BCUT2D eigenvalue weighted by Gasteiger charge is -2.37. The highest BCUT2D eigenvalue weighted by Gasteiger charge is 2.36. The van der Waals surface area contributed by atoms with Gasteiger partial charge in [0, 0.05) is 54.7 Å². The fourth-order valence-corrected chi connectivity index (χ4v) is 5.70. The maximum absolute atomic E-state index is 13.7. The molecule has 6 rings (SSSR count). The molecule has 1 aliphatic heterocycles. The van der Waals surface area contributed by atoms with Gasteiger partial charge in [-0.3, -0.25) is 19.7 Å². The first-order chi connectivity index (χ1) is 19.4. The van der Waals surface area contributed by atoms with Crippen molar-refractivity contribution in [3.05, 3.63) is 123 Å². The van der Waals surface area contributed by atoms with Gasteiger partial charge in [0.1, 0.15) is 0 Å². The molecule has 4 aromatic rings. The molecule has 0 radical (unpaired) electrons. The van der Waals surface area contributed by atoms with Gasteiger partial charge < -0.3 is 15.1 Å². The van der Waals surface area contributed by atoms with Crippen LogP contribution in [-0.4, -0.2) is 47.8 Å². The van der Waals surface area contributed by atoms with Crippen LogP contribution in [-0.2, 0) is 4.79 Å². The summed E-state index contributed by atoms with van der Waals surface area (Å²) in [6, 6.07) is 28.3. The fourth-order valence-electron chi connectivity index (χ4n) is 5.70. The molecule has 2 amide bonds. The molecule has 1 fully saturated rings. The molecule has 1 aliphatic carbocycles. The SMILES string of the molecule is Cc1ccc(C(=O)Nc2ccc(N3CCN(C(=O)C4c5ccccc5-c5ccccc54)CC3)cc2)cc1[N+](=O)[O-]. The number of piperazine rings is 1. The Morgan fingerprint density at radius 2 is 1.43 bits per heavy atom. The number of carbonyl (C=O) groups is 2. The van der Waals surface area contributed by atoms with E-state index in [9.17, 15) is 19.7 Å². The van der Waals surface area contributed by atoms with Crippen LogP contribution >= 0.6 is 0 Å². The zero-order valence-electron chi connectivity index (χ0n) is 22.0. The van der Waals surface area contributed by atoms with Crippen LogP contribution in [0.2, 0.25) is 0 Å². The van der Waals surface area contributed by atoms with Gasteiger partial charge in [0.15, 0.2) is 0 Å². The lowest BCUT2D eigenvalue weighted by atomic mass is 9.95. The minimum atomic E-state index is -0.486. The Morgan fingerprint density at radius 1 is 0.825 bits per heavy atom. The van der Waals surface area contributed by atoms with Crippen LogP contribution in [0.3, 0.4) is 0 Å². The first-order valence-corrected chi connectivity index (χ1v) is 13.3. The zero-order valence-corrected chi connectivity index (χ0v) is 22.0. The van der Waals surface area contributed by atoms with E-state index in [-0.39, 0.29) is 23.1 Å². The molecule has 4 aromatic carbocycles. The Bertz CT molecular complexity index is 1580. The summed E-state index contributed by atoms with van der Waals surface area (Å²) in [4.78, 5) is 41.3. The van der Waals surface area contributed by atoms with Gasteiger partial charge in [-0.25, -0.2) is 0 Å². The van der Waals surface area contributed by atoms with Crippen LogP contribution in [0.5, 0.6) is 0 Å². The molecule has 0 aromatic heterocycles. The van der Waals surface area contributed by atoms with Crippen molar-refractivity contribution in [2.24, 2.45) is 0 Å². The summed E-state index contributed by atoms with van der Waals surface area (Å²) in [5.41, 5.74) is 6.70. The number of anilines is 2. The van der Waals surface area contributed by atoms with Crippen LogP contribution in [0.4, 0.5) is 17.1 Å². The summed E-state index contributed by atoms with van der Waals surface area (Å²) in [7, 11) is 0. The second kappa shape index (κ2) is 10.3. The summed E-state index contributed by atoms with van der Waals surface area (Å²) in [6.45, 7) is 4.32. The van der Waals surface area contributed by atoms with Crippen LogP contribution in [0.15, 0.2) is 91.0 Å². The number of rotatable bonds is 5. The minimum absolute atomic E-state index is 0.0815. The second-order valence-corrected chi connectivity index (χ2v) is 10.2. The van der Waals surface area contributed by atoms with E-state index in [1.165, 1.54) is 6.07 Å². The number of benzene rings is 4. The monoisotopic (exact) mass is 532 g/mol. The Kier molecular flexibility index (Phi) is 6.51. The van der Waals surface area contributed by atoms with Crippen LogP contribution in [0.25, 0.3) is 11.1 Å². The van der Waals surface area contributed by atoms with Crippen molar-refractivity contribution in [3.63, 3.8) is 0 Å². The van der Waals surface area contributed by atoms with Crippen molar-refractivity contribution in [3.8, 4) is 11.1 Å². The highest BCUT2D eigenvalue weighted by Crippen LogP contribution is 2.45. The van der Waals surface area contributed by atoms with Crippen molar-refractivity contribution >= 4 is 28.9 Å². The maximum Gasteiger partial charge on any atom is 0.273 e. The van der Waals surface area contributed by atoms with Gasteiger partial charge in [-0.1, -0.05) is 54.6 Å². The van der Waals surface area contributed by atoms with E-state index in [2.05, 4.69) is 34.5 Å². The third-order valence-corrected chi connectivity index (χ3v) is 7.83. The van der Waals surface area contributed by atoms with Crippen molar-refractivity contribution in [1.82, 2.24) is 4.90 Å². The number of fused-ring (bicyclic) bond motifs is 3. The van der Waals surface area contributed by atoms with E-state index in [0.29, 0.717) is 37.4 Å². The number of hydrogen-bond acceptors (Lipinski definition) is 5. The number of nitro benzene ring substituents is 1. The average Bonchev–Trinajstić information content (AvgIpc) is 3.32. The molecular formula is C32H28N4O4. The predicted molar refractivity (Wildman–Crippen MR) is 155 cm³/mol. The summed E-state index contributed by atoms with van der Waals surface area (Å²) >= 11 is 0. The number of aryl methyl sites for hydroxylation is 1. The zero-order chi connectivity index (χ0) is 27.8. The average molecular weight is 533 g/mol. The standard InChI is InChI=1S/C32H28N4O4/c1-21-10-11-22(20-29(21)36(39)40)31(37)33-23-12-14-24(15-13-23)34-16-18-35(19-17-34)32(38)30-27-8-4-2-6-25(27)26-7-3-5-9-28(26)30/h2-15,20,30H,16-19H2,1H3,(H,33,37). The number of nitro groups is 1. The van der Waals surface area contributed by atoms with E-state index >= 15 is 0 Å². The molecule has 8 heteroatoms. The number of nitrogens with one attached hydrogen (secondary N) is 1. The van der Waals surface area contributed by atoms with Crippen molar-refractivity contribution < 1.29 is 14.5 Å². The van der Waals surface area contributed by atoms with E-state index in [1.807, 2.05) is 53.4 Å². The molecule has 0 spiro atoms. The van der Waals surface area contributed by atoms with Gasteiger partial charge >= 0.3 is 0 Å². The minimum Gasteiger partial charge on any atom is -0.368 e. The largest absolute Gasteiger partial charge is 0.368 e. The summed E-state index contributed by atoms with van der Waals surface area (Å²) in [6.07, 6.45) is 0. The van der Waals surface area contributed by atoms with Crippen molar-refractivity contribution in [1.29, 1.82) is 0 Å². The molecule has 0 bridgehead atoms. The Labute approximate surface area is 232 Å². The van der Waals surface area contributed by atoms with Gasteiger partial charge in [-0.2, -0.15) is 0 Å². The van der Waals surface area contributed by atoms with Crippen LogP contribution in [0.1, 0.15) is 33.0 Å². The first-order valence-electron chi connectivity index (χ1n) is 13.3. The summed E-state index contributed by atoms with van der Waals surface area (Å²) in [5.74, 6) is -0.527. The second-order valence-electron chi connectivity index (χ2n) is 10.2. The molecule has 0 unspecified atom stereocenters. The normalized spacial score (nSPS) is 14.4. The number of nitrogens with zero attached hydrogens (tertiary/aromatic N) is 3. The van der Waals surface area contributed by atoms with E-state index in [0.717, 1.165) is 27.9 Å². The van der Waals surface area contributed by atoms with E-state index < -0.39 is 10.8 Å². The summed E-state index contributed by atoms with van der Waals surface area (Å²) < 4.78 is 0. The third kappa shape index (κ3) is 4.58. The lowest BCUT2D eigenvalue weighted by molar-refractivity contribution is -0.385. The molecule has 2 aliphatic rings. The Hall–Kier alpha value is -4.98. The van der Waals surface area contributed by atoms with Crippen molar-refractivity contribution in [2.75, 3.05) is 36.4 Å². The molecule has 1 heterocycles. The van der Waals surface area contributed by atoms with Gasteiger partial charge in [0.2, 0.25) is 5.91 Å². The molecule has 1 N–H and O–H groups in total. The number of amides is 2. The highest BCUT2D eigenvalue weighted by atomic mass is 16.6. The Morgan fingerprint density at radius 3 is 2.02 bits per heavy atom. The van der Waals surface area contributed by atoms with Gasteiger partial charge in [-0.15, -0.1) is 0 Å². The van der Waals surface area contributed by atoms with Gasteiger partial charge in [0.05, 0.1) is 10.8 Å². The molecule has 40 heavy (non-hydrogen) atoms. The third-order valence-electron chi connectivity index (χ3n) is 7.83. The lowest BCUT2D eigenvalue weighted by Crippen LogP contribution is -2.50. The van der Waals surface area contributed by atoms with Gasteiger partial charge in [0.25, 0.3) is 11.6 Å². The Balaban J connectivity index is 1.09. The highest BCUT2D eigenvalue weighted by molar-refractivity contribution is 6.04. The molecule has 0 saturated carbocycles. The molecule has 1 saturated heterocycles.